The Bertz CT molecular complexity index is 409. The number of hydrogen-bond donors (Lipinski definition) is 1. The molecule has 0 amide bonds. The summed E-state index contributed by atoms with van der Waals surface area (Å²) >= 11 is 0. The summed E-state index contributed by atoms with van der Waals surface area (Å²) in [5, 5.41) is 4.41. The molecule has 0 atom stereocenters. The first-order chi connectivity index (χ1) is 8.50. The zero-order chi connectivity index (χ0) is 13.3. The second-order valence-corrected chi connectivity index (χ2v) is 5.40. The number of nitrogens with zero attached hydrogens (tertiary/aromatic N) is 3. The Labute approximate surface area is 109 Å². The first-order valence-corrected chi connectivity index (χ1v) is 6.68. The number of anilines is 1. The van der Waals surface area contributed by atoms with Crippen molar-refractivity contribution in [2.75, 3.05) is 25.9 Å². The van der Waals surface area contributed by atoms with Crippen molar-refractivity contribution < 1.29 is 4.74 Å². The van der Waals surface area contributed by atoms with Crippen LogP contribution in [0.1, 0.15) is 38.4 Å². The van der Waals surface area contributed by atoms with Gasteiger partial charge in [0.2, 0.25) is 5.88 Å². The highest BCUT2D eigenvalue weighted by Crippen LogP contribution is 2.28. The average Bonchev–Trinajstić information content (AvgIpc) is 3.11. The van der Waals surface area contributed by atoms with E-state index < -0.39 is 0 Å². The van der Waals surface area contributed by atoms with Crippen molar-refractivity contribution in [3.05, 3.63) is 5.69 Å². The summed E-state index contributed by atoms with van der Waals surface area (Å²) in [6.07, 6.45) is 2.64. The normalized spacial score (nSPS) is 15.7. The molecular formula is C13H24N4O. The quantitative estimate of drug-likeness (QED) is 0.839. The Balaban J connectivity index is 1.94. The van der Waals surface area contributed by atoms with Crippen LogP contribution in [-0.4, -0.2) is 40.9 Å². The van der Waals surface area contributed by atoms with Gasteiger partial charge in [-0.25, -0.2) is 4.68 Å². The zero-order valence-electron chi connectivity index (χ0n) is 11.8. The van der Waals surface area contributed by atoms with Crippen molar-refractivity contribution in [2.45, 2.75) is 45.7 Å². The zero-order valence-corrected chi connectivity index (χ0v) is 11.8. The molecule has 1 fully saturated rings. The number of nitrogens with two attached hydrogens (primary N) is 1. The Kier molecular flexibility index (Phi) is 3.80. The molecule has 0 aromatic carbocycles. The van der Waals surface area contributed by atoms with E-state index in [9.17, 15) is 0 Å². The maximum Gasteiger partial charge on any atom is 0.236 e. The molecule has 0 saturated heterocycles. The molecule has 2 N–H and O–H groups in total. The minimum atomic E-state index is 0.261. The number of nitrogen functional groups attached to an aromatic ring is 1. The van der Waals surface area contributed by atoms with Gasteiger partial charge < -0.3 is 15.4 Å². The molecule has 1 aromatic rings. The van der Waals surface area contributed by atoms with Crippen LogP contribution in [0.5, 0.6) is 5.88 Å². The number of aromatic nitrogens is 2. The summed E-state index contributed by atoms with van der Waals surface area (Å²) in [6.45, 7) is 7.67. The van der Waals surface area contributed by atoms with Gasteiger partial charge in [0.15, 0.2) is 0 Å². The number of likely N-dealkylation sites (N-methyl/N-ethyl adjacent to an activating group) is 1. The molecule has 0 radical (unpaired) electrons. The highest BCUT2D eigenvalue weighted by molar-refractivity contribution is 5.52. The Morgan fingerprint density at radius 3 is 2.72 bits per heavy atom. The highest BCUT2D eigenvalue weighted by Gasteiger charge is 2.26. The maximum absolute atomic E-state index is 6.01. The molecule has 0 bridgehead atoms. The van der Waals surface area contributed by atoms with E-state index in [1.165, 1.54) is 12.8 Å². The number of hydrogen-bond acceptors (Lipinski definition) is 4. The van der Waals surface area contributed by atoms with Gasteiger partial charge >= 0.3 is 0 Å². The lowest BCUT2D eigenvalue weighted by Crippen LogP contribution is -2.26. The molecule has 18 heavy (non-hydrogen) atoms. The molecular weight excluding hydrogens is 228 g/mol. The third-order valence-corrected chi connectivity index (χ3v) is 3.43. The SMILES string of the molecule is Cc1nn(C(C)C)c(OCCN(C)C2CC2)c1N. The van der Waals surface area contributed by atoms with Gasteiger partial charge in [0.1, 0.15) is 12.3 Å². The van der Waals surface area contributed by atoms with Gasteiger partial charge in [-0.1, -0.05) is 0 Å². The molecule has 1 aliphatic rings. The van der Waals surface area contributed by atoms with Crippen LogP contribution in [0, 0.1) is 6.92 Å². The van der Waals surface area contributed by atoms with E-state index in [2.05, 4.69) is 30.9 Å². The minimum Gasteiger partial charge on any atom is -0.475 e. The second kappa shape index (κ2) is 5.18. The first kappa shape index (κ1) is 13.2. The van der Waals surface area contributed by atoms with Crippen LogP contribution in [0.2, 0.25) is 0 Å². The molecule has 5 nitrogen and oxygen atoms in total. The van der Waals surface area contributed by atoms with E-state index in [1.54, 1.807) is 0 Å². The number of aryl methyl sites for hydroxylation is 1. The maximum atomic E-state index is 6.01. The third-order valence-electron chi connectivity index (χ3n) is 3.43. The van der Waals surface area contributed by atoms with E-state index in [1.807, 2.05) is 11.6 Å². The van der Waals surface area contributed by atoms with Crippen LogP contribution >= 0.6 is 0 Å². The van der Waals surface area contributed by atoms with Crippen LogP contribution < -0.4 is 10.5 Å². The van der Waals surface area contributed by atoms with E-state index in [0.717, 1.165) is 18.3 Å². The Morgan fingerprint density at radius 2 is 2.17 bits per heavy atom. The fourth-order valence-electron chi connectivity index (χ4n) is 2.02. The predicted octanol–water partition coefficient (Wildman–Crippen LogP) is 1.83. The molecule has 0 spiro atoms. The summed E-state index contributed by atoms with van der Waals surface area (Å²) in [4.78, 5) is 2.35. The standard InChI is InChI=1S/C13H24N4O/c1-9(2)17-13(12(14)10(3)15-17)18-8-7-16(4)11-5-6-11/h9,11H,5-8,14H2,1-4H3. The fraction of sp³-hybridized carbons (Fsp3) is 0.769. The first-order valence-electron chi connectivity index (χ1n) is 6.68. The van der Waals surface area contributed by atoms with E-state index >= 15 is 0 Å². The van der Waals surface area contributed by atoms with Gasteiger partial charge in [-0.2, -0.15) is 5.10 Å². The van der Waals surface area contributed by atoms with Crippen molar-refractivity contribution in [1.29, 1.82) is 0 Å². The van der Waals surface area contributed by atoms with Crippen LogP contribution in [0.25, 0.3) is 0 Å². The van der Waals surface area contributed by atoms with Crippen molar-refractivity contribution in [2.24, 2.45) is 0 Å². The molecule has 0 aliphatic heterocycles. The molecule has 102 valence electrons. The summed E-state index contributed by atoms with van der Waals surface area (Å²) in [6, 6.07) is 1.03. The molecule has 2 rings (SSSR count). The average molecular weight is 252 g/mol. The summed E-state index contributed by atoms with van der Waals surface area (Å²) in [5.74, 6) is 0.715. The third kappa shape index (κ3) is 2.77. The van der Waals surface area contributed by atoms with Gasteiger partial charge in [-0.05, 0) is 40.7 Å². The lowest BCUT2D eigenvalue weighted by molar-refractivity contribution is 0.215. The van der Waals surface area contributed by atoms with Crippen LogP contribution in [0.3, 0.4) is 0 Å². The predicted molar refractivity (Wildman–Crippen MR) is 72.9 cm³/mol. The molecule has 1 heterocycles. The van der Waals surface area contributed by atoms with Crippen molar-refractivity contribution in [3.8, 4) is 5.88 Å². The van der Waals surface area contributed by atoms with Gasteiger partial charge in [-0.15, -0.1) is 0 Å². The van der Waals surface area contributed by atoms with Crippen molar-refractivity contribution in [1.82, 2.24) is 14.7 Å². The molecule has 0 unspecified atom stereocenters. The topological polar surface area (TPSA) is 56.3 Å². The number of rotatable bonds is 6. The highest BCUT2D eigenvalue weighted by atomic mass is 16.5. The van der Waals surface area contributed by atoms with Gasteiger partial charge in [0.25, 0.3) is 0 Å². The smallest absolute Gasteiger partial charge is 0.236 e. The van der Waals surface area contributed by atoms with Gasteiger partial charge in [0, 0.05) is 12.6 Å². The molecule has 1 aromatic heterocycles. The van der Waals surface area contributed by atoms with E-state index in [4.69, 9.17) is 10.5 Å². The lowest BCUT2D eigenvalue weighted by Gasteiger charge is -2.17. The monoisotopic (exact) mass is 252 g/mol. The summed E-state index contributed by atoms with van der Waals surface area (Å²) in [5.41, 5.74) is 7.51. The Morgan fingerprint density at radius 1 is 1.50 bits per heavy atom. The van der Waals surface area contributed by atoms with Crippen molar-refractivity contribution >= 4 is 5.69 Å². The molecule has 1 saturated carbocycles. The lowest BCUT2D eigenvalue weighted by atomic mass is 10.4. The largest absolute Gasteiger partial charge is 0.475 e. The minimum absolute atomic E-state index is 0.261. The van der Waals surface area contributed by atoms with Crippen molar-refractivity contribution in [3.63, 3.8) is 0 Å². The van der Waals surface area contributed by atoms with Crippen LogP contribution in [-0.2, 0) is 0 Å². The molecule has 5 heteroatoms. The van der Waals surface area contributed by atoms with Gasteiger partial charge in [0.05, 0.1) is 11.7 Å². The summed E-state index contributed by atoms with van der Waals surface area (Å²) < 4.78 is 7.70. The van der Waals surface area contributed by atoms with Gasteiger partial charge in [-0.3, -0.25) is 0 Å². The van der Waals surface area contributed by atoms with E-state index in [-0.39, 0.29) is 6.04 Å². The van der Waals surface area contributed by atoms with Crippen LogP contribution in [0.15, 0.2) is 0 Å². The summed E-state index contributed by atoms with van der Waals surface area (Å²) in [7, 11) is 2.15. The van der Waals surface area contributed by atoms with E-state index in [0.29, 0.717) is 18.2 Å². The fourth-order valence-corrected chi connectivity index (χ4v) is 2.02. The van der Waals surface area contributed by atoms with Crippen LogP contribution in [0.4, 0.5) is 5.69 Å². The number of ether oxygens (including phenoxy) is 1. The molecule has 1 aliphatic carbocycles. The Hall–Kier alpha value is -1.23. The second-order valence-electron chi connectivity index (χ2n) is 5.40.